The van der Waals surface area contributed by atoms with Crippen LogP contribution in [0.15, 0.2) is 59.5 Å². The zero-order chi connectivity index (χ0) is 23.7. The summed E-state index contributed by atoms with van der Waals surface area (Å²) in [6.45, 7) is 5.33. The summed E-state index contributed by atoms with van der Waals surface area (Å²) in [5.74, 6) is 1.31. The van der Waals surface area contributed by atoms with E-state index >= 15 is 0 Å². The monoisotopic (exact) mass is 473 g/mol. The lowest BCUT2D eigenvalue weighted by molar-refractivity contribution is 0.245. The van der Waals surface area contributed by atoms with E-state index < -0.39 is 0 Å². The van der Waals surface area contributed by atoms with Gasteiger partial charge >= 0.3 is 6.03 Å². The molecular weight excluding hydrogens is 442 g/mol. The lowest BCUT2D eigenvalue weighted by Crippen LogP contribution is -2.41. The summed E-state index contributed by atoms with van der Waals surface area (Å²) in [6.07, 6.45) is 4.46. The van der Waals surface area contributed by atoms with Gasteiger partial charge in [0.2, 0.25) is 0 Å². The van der Waals surface area contributed by atoms with Gasteiger partial charge in [-0.25, -0.2) is 9.78 Å². The summed E-state index contributed by atoms with van der Waals surface area (Å²) < 4.78 is 0. The maximum absolute atomic E-state index is 13.3. The number of nitrogens with zero attached hydrogens (tertiary/aromatic N) is 2. The second-order valence-corrected chi connectivity index (χ2v) is 10.7. The van der Waals surface area contributed by atoms with Crippen LogP contribution in [-0.2, 0) is 12.0 Å². The Morgan fingerprint density at radius 3 is 2.59 bits per heavy atom. The van der Waals surface area contributed by atoms with Crippen LogP contribution in [0, 0.1) is 6.92 Å². The van der Waals surface area contributed by atoms with Crippen LogP contribution in [-0.4, -0.2) is 28.4 Å². The first-order chi connectivity index (χ1) is 16.5. The quantitative estimate of drug-likeness (QED) is 0.420. The Balaban J connectivity index is 1.39. The number of benzene rings is 2. The minimum absolute atomic E-state index is 0.0626. The number of rotatable bonds is 5. The van der Waals surface area contributed by atoms with Crippen molar-refractivity contribution in [3.8, 4) is 17.0 Å². The topological polar surface area (TPSA) is 65.5 Å². The van der Waals surface area contributed by atoms with Gasteiger partial charge in [-0.15, -0.1) is 11.8 Å². The molecule has 1 fully saturated rings. The van der Waals surface area contributed by atoms with E-state index in [1.807, 2.05) is 41.8 Å². The van der Waals surface area contributed by atoms with Crippen molar-refractivity contribution in [2.75, 3.05) is 17.2 Å². The zero-order valence-electron chi connectivity index (χ0n) is 19.8. The van der Waals surface area contributed by atoms with Crippen LogP contribution >= 0.6 is 11.8 Å². The van der Waals surface area contributed by atoms with Crippen LogP contribution in [0.1, 0.15) is 49.4 Å². The van der Waals surface area contributed by atoms with Gasteiger partial charge in [0.1, 0.15) is 5.75 Å². The highest BCUT2D eigenvalue weighted by atomic mass is 32.2. The number of amides is 2. The first-order valence-corrected chi connectivity index (χ1v) is 13.1. The molecule has 0 saturated heterocycles. The van der Waals surface area contributed by atoms with Crippen molar-refractivity contribution in [3.05, 3.63) is 71.4 Å². The molecule has 2 heterocycles. The number of fused-ring (bicyclic) bond motifs is 2. The van der Waals surface area contributed by atoms with E-state index in [1.54, 1.807) is 12.1 Å². The van der Waals surface area contributed by atoms with Crippen LogP contribution < -0.4 is 10.2 Å². The lowest BCUT2D eigenvalue weighted by Gasteiger charge is -2.24. The smallest absolute Gasteiger partial charge is 0.322 e. The highest BCUT2D eigenvalue weighted by Crippen LogP contribution is 2.50. The van der Waals surface area contributed by atoms with Crippen molar-refractivity contribution in [2.45, 2.75) is 56.4 Å². The zero-order valence-corrected chi connectivity index (χ0v) is 20.6. The number of thioether (sulfide) groups is 1. The average Bonchev–Trinajstić information content (AvgIpc) is 3.44. The van der Waals surface area contributed by atoms with E-state index in [1.165, 1.54) is 17.7 Å². The first-order valence-electron chi connectivity index (χ1n) is 12.1. The molecule has 0 atom stereocenters. The van der Waals surface area contributed by atoms with Crippen LogP contribution in [0.3, 0.4) is 0 Å². The van der Waals surface area contributed by atoms with Gasteiger partial charge in [0.15, 0.2) is 0 Å². The van der Waals surface area contributed by atoms with Crippen molar-refractivity contribution in [3.63, 3.8) is 0 Å². The fourth-order valence-corrected chi connectivity index (χ4v) is 6.04. The van der Waals surface area contributed by atoms with Gasteiger partial charge in [-0.2, -0.15) is 0 Å². The molecule has 34 heavy (non-hydrogen) atoms. The maximum Gasteiger partial charge on any atom is 0.322 e. The van der Waals surface area contributed by atoms with Crippen LogP contribution in [0.2, 0.25) is 0 Å². The van der Waals surface area contributed by atoms with Crippen molar-refractivity contribution in [1.29, 1.82) is 0 Å². The molecule has 5 rings (SSSR count). The summed E-state index contributed by atoms with van der Waals surface area (Å²) >= 11 is 1.82. The number of pyridine rings is 1. The third kappa shape index (κ3) is 4.27. The van der Waals surface area contributed by atoms with Gasteiger partial charge in [0, 0.05) is 29.0 Å². The summed E-state index contributed by atoms with van der Waals surface area (Å²) in [5.41, 5.74) is 5.91. The minimum Gasteiger partial charge on any atom is -0.508 e. The Hall–Kier alpha value is -2.99. The van der Waals surface area contributed by atoms with Gasteiger partial charge in [0.25, 0.3) is 0 Å². The van der Waals surface area contributed by atoms with Gasteiger partial charge < -0.3 is 10.4 Å². The number of phenols is 1. The molecule has 176 valence electrons. The SMILES string of the molecule is CCSc1ccc(CNC(=O)N2CC3(CCCC3)c3nc(-c4ccc(O)cc4C)ccc32)cc1. The Bertz CT molecular complexity index is 1200. The molecule has 1 aliphatic carbocycles. The number of aromatic nitrogens is 1. The van der Waals surface area contributed by atoms with Gasteiger partial charge in [-0.3, -0.25) is 4.90 Å². The number of carbonyl (C=O) groups excluding carboxylic acids is 1. The number of carbonyl (C=O) groups is 1. The third-order valence-electron chi connectivity index (χ3n) is 7.10. The molecule has 1 aliphatic heterocycles. The highest BCUT2D eigenvalue weighted by Gasteiger charge is 2.47. The van der Waals surface area contributed by atoms with Crippen LogP contribution in [0.5, 0.6) is 5.75 Å². The van der Waals surface area contributed by atoms with E-state index in [4.69, 9.17) is 4.98 Å². The molecular formula is C28H31N3O2S. The minimum atomic E-state index is -0.0630. The molecule has 1 saturated carbocycles. The predicted octanol–water partition coefficient (Wildman–Crippen LogP) is 6.42. The van der Waals surface area contributed by atoms with Gasteiger partial charge in [-0.1, -0.05) is 31.9 Å². The van der Waals surface area contributed by atoms with Gasteiger partial charge in [0.05, 0.1) is 17.1 Å². The Morgan fingerprint density at radius 1 is 1.12 bits per heavy atom. The summed E-state index contributed by atoms with van der Waals surface area (Å²) in [7, 11) is 0. The average molecular weight is 474 g/mol. The molecule has 2 N–H and O–H groups in total. The van der Waals surface area contributed by atoms with E-state index in [0.717, 1.165) is 52.4 Å². The number of urea groups is 1. The molecule has 6 heteroatoms. The Labute approximate surface area is 205 Å². The predicted molar refractivity (Wildman–Crippen MR) is 139 cm³/mol. The summed E-state index contributed by atoms with van der Waals surface area (Å²) in [5, 5.41) is 12.9. The van der Waals surface area contributed by atoms with E-state index in [2.05, 4.69) is 36.5 Å². The number of hydrogen-bond acceptors (Lipinski definition) is 4. The molecule has 5 nitrogen and oxygen atoms in total. The van der Waals surface area contributed by atoms with Crippen molar-refractivity contribution >= 4 is 23.5 Å². The largest absolute Gasteiger partial charge is 0.508 e. The van der Waals surface area contributed by atoms with E-state index in [9.17, 15) is 9.90 Å². The number of nitrogens with one attached hydrogen (secondary N) is 1. The summed E-state index contributed by atoms with van der Waals surface area (Å²) in [4.78, 5) is 21.6. The number of aromatic hydroxyl groups is 1. The van der Waals surface area contributed by atoms with E-state index in [-0.39, 0.29) is 17.2 Å². The molecule has 2 amide bonds. The van der Waals surface area contributed by atoms with Crippen LogP contribution in [0.25, 0.3) is 11.3 Å². The lowest BCUT2D eigenvalue weighted by atomic mass is 9.84. The number of aryl methyl sites for hydroxylation is 1. The molecule has 0 bridgehead atoms. The molecule has 2 aromatic carbocycles. The van der Waals surface area contributed by atoms with Gasteiger partial charge in [-0.05, 0) is 79.1 Å². The van der Waals surface area contributed by atoms with Crippen molar-refractivity contribution in [1.82, 2.24) is 10.3 Å². The second kappa shape index (κ2) is 9.34. The fourth-order valence-electron chi connectivity index (χ4n) is 5.38. The van der Waals surface area contributed by atoms with E-state index in [0.29, 0.717) is 13.1 Å². The maximum atomic E-state index is 13.3. The number of anilines is 1. The second-order valence-electron chi connectivity index (χ2n) is 9.37. The molecule has 1 aromatic heterocycles. The van der Waals surface area contributed by atoms with Crippen LogP contribution in [0.4, 0.5) is 10.5 Å². The summed E-state index contributed by atoms with van der Waals surface area (Å²) in [6, 6.07) is 17.8. The normalized spacial score (nSPS) is 16.1. The molecule has 0 radical (unpaired) electrons. The molecule has 3 aromatic rings. The van der Waals surface area contributed by atoms with Crippen molar-refractivity contribution in [2.24, 2.45) is 0 Å². The Kier molecular flexibility index (Phi) is 6.26. The number of hydrogen-bond donors (Lipinski definition) is 2. The molecule has 1 spiro atoms. The first kappa shape index (κ1) is 22.8. The molecule has 2 aliphatic rings. The third-order valence-corrected chi connectivity index (χ3v) is 7.99. The fraction of sp³-hybridized carbons (Fsp3) is 0.357. The Morgan fingerprint density at radius 2 is 1.88 bits per heavy atom. The molecule has 0 unspecified atom stereocenters. The standard InChI is InChI=1S/C28H31N3O2S/c1-3-34-22-9-6-20(7-10-22)17-29-27(33)31-18-28(14-4-5-15-28)26-25(31)13-12-24(30-26)23-11-8-21(32)16-19(23)2/h6-13,16,32H,3-5,14-15,17-18H2,1-2H3,(H,29,33). The highest BCUT2D eigenvalue weighted by molar-refractivity contribution is 7.99. The number of phenolic OH excluding ortho intramolecular Hbond substituents is 1. The van der Waals surface area contributed by atoms with Crippen molar-refractivity contribution < 1.29 is 9.90 Å².